The molecular weight excluding hydrogens is 226 g/mol. The highest BCUT2D eigenvalue weighted by molar-refractivity contribution is 5.97. The van der Waals surface area contributed by atoms with Crippen LogP contribution in [-0.4, -0.2) is 42.5 Å². The number of nitrogens with zero attached hydrogens (tertiary/aromatic N) is 1. The zero-order valence-electron chi connectivity index (χ0n) is 11.1. The molecule has 0 spiro atoms. The fraction of sp³-hybridized carbons (Fsp3) is 0.500. The Morgan fingerprint density at radius 3 is 2.44 bits per heavy atom. The van der Waals surface area contributed by atoms with Gasteiger partial charge in [0.05, 0.1) is 5.54 Å². The standard InChI is InChI=1S/C14H21N3O/c1-14(2,17-10-8-15-9-11-17)13(18)16-12-6-4-3-5-7-12/h3-7,15H,8-11H2,1-2H3,(H,16,18). The Balaban J connectivity index is 2.02. The number of amides is 1. The Kier molecular flexibility index (Phi) is 3.99. The van der Waals surface area contributed by atoms with E-state index in [0.29, 0.717) is 0 Å². The molecule has 0 bridgehead atoms. The van der Waals surface area contributed by atoms with Crippen molar-refractivity contribution in [3.63, 3.8) is 0 Å². The minimum atomic E-state index is -0.474. The maximum Gasteiger partial charge on any atom is 0.244 e. The van der Waals surface area contributed by atoms with Crippen LogP contribution >= 0.6 is 0 Å². The van der Waals surface area contributed by atoms with Crippen molar-refractivity contribution in [3.8, 4) is 0 Å². The topological polar surface area (TPSA) is 44.4 Å². The number of carbonyl (C=O) groups excluding carboxylic acids is 1. The first-order valence-corrected chi connectivity index (χ1v) is 6.43. The van der Waals surface area contributed by atoms with E-state index < -0.39 is 5.54 Å². The quantitative estimate of drug-likeness (QED) is 0.846. The van der Waals surface area contributed by atoms with Crippen LogP contribution < -0.4 is 10.6 Å². The second-order valence-corrected chi connectivity index (χ2v) is 5.12. The lowest BCUT2D eigenvalue weighted by Gasteiger charge is -2.39. The van der Waals surface area contributed by atoms with Crippen LogP contribution in [0.3, 0.4) is 0 Å². The van der Waals surface area contributed by atoms with Crippen molar-refractivity contribution in [2.24, 2.45) is 0 Å². The number of hydrogen-bond acceptors (Lipinski definition) is 3. The number of para-hydroxylation sites is 1. The van der Waals surface area contributed by atoms with Crippen LogP contribution in [0.15, 0.2) is 30.3 Å². The van der Waals surface area contributed by atoms with E-state index in [1.54, 1.807) is 0 Å². The van der Waals surface area contributed by atoms with Gasteiger partial charge in [-0.15, -0.1) is 0 Å². The molecule has 1 saturated heterocycles. The molecule has 0 aliphatic carbocycles. The number of piperazine rings is 1. The molecule has 0 saturated carbocycles. The average molecular weight is 247 g/mol. The maximum absolute atomic E-state index is 12.4. The summed E-state index contributed by atoms with van der Waals surface area (Å²) in [5, 5.41) is 6.28. The van der Waals surface area contributed by atoms with E-state index in [4.69, 9.17) is 0 Å². The van der Waals surface area contributed by atoms with Gasteiger partial charge in [0.1, 0.15) is 0 Å². The first kappa shape index (κ1) is 13.1. The lowest BCUT2D eigenvalue weighted by atomic mass is 10.0. The molecule has 4 heteroatoms. The van der Waals surface area contributed by atoms with E-state index in [0.717, 1.165) is 31.9 Å². The van der Waals surface area contributed by atoms with Gasteiger partial charge in [-0.2, -0.15) is 0 Å². The lowest BCUT2D eigenvalue weighted by Crippen LogP contribution is -2.58. The predicted molar refractivity (Wildman–Crippen MR) is 73.6 cm³/mol. The summed E-state index contributed by atoms with van der Waals surface area (Å²) < 4.78 is 0. The molecule has 1 aliphatic rings. The maximum atomic E-state index is 12.4. The van der Waals surface area contributed by atoms with E-state index in [1.165, 1.54) is 0 Å². The van der Waals surface area contributed by atoms with Crippen molar-refractivity contribution in [2.45, 2.75) is 19.4 Å². The Morgan fingerprint density at radius 1 is 1.22 bits per heavy atom. The largest absolute Gasteiger partial charge is 0.324 e. The van der Waals surface area contributed by atoms with Crippen molar-refractivity contribution >= 4 is 11.6 Å². The highest BCUT2D eigenvalue weighted by atomic mass is 16.2. The zero-order valence-corrected chi connectivity index (χ0v) is 11.1. The first-order chi connectivity index (χ1) is 8.60. The smallest absolute Gasteiger partial charge is 0.244 e. The third-order valence-electron chi connectivity index (χ3n) is 3.49. The van der Waals surface area contributed by atoms with Crippen LogP contribution in [0, 0.1) is 0 Å². The minimum Gasteiger partial charge on any atom is -0.324 e. The fourth-order valence-electron chi connectivity index (χ4n) is 2.17. The summed E-state index contributed by atoms with van der Waals surface area (Å²) in [6.07, 6.45) is 0. The van der Waals surface area contributed by atoms with E-state index in [1.807, 2.05) is 44.2 Å². The minimum absolute atomic E-state index is 0.0515. The van der Waals surface area contributed by atoms with Crippen LogP contribution in [0.1, 0.15) is 13.8 Å². The number of anilines is 1. The first-order valence-electron chi connectivity index (χ1n) is 6.43. The third-order valence-corrected chi connectivity index (χ3v) is 3.49. The predicted octanol–water partition coefficient (Wildman–Crippen LogP) is 1.31. The number of carbonyl (C=O) groups is 1. The lowest BCUT2D eigenvalue weighted by molar-refractivity contribution is -0.126. The van der Waals surface area contributed by atoms with Crippen LogP contribution in [0.25, 0.3) is 0 Å². The number of nitrogens with one attached hydrogen (secondary N) is 2. The molecule has 1 aliphatic heterocycles. The number of hydrogen-bond donors (Lipinski definition) is 2. The van der Waals surface area contributed by atoms with E-state index in [-0.39, 0.29) is 5.91 Å². The monoisotopic (exact) mass is 247 g/mol. The van der Waals surface area contributed by atoms with Crippen LogP contribution in [-0.2, 0) is 4.79 Å². The summed E-state index contributed by atoms with van der Waals surface area (Å²) in [7, 11) is 0. The molecule has 1 heterocycles. The van der Waals surface area contributed by atoms with Gasteiger partial charge in [-0.05, 0) is 26.0 Å². The normalized spacial score (nSPS) is 17.4. The summed E-state index contributed by atoms with van der Waals surface area (Å²) in [6.45, 7) is 7.68. The van der Waals surface area contributed by atoms with Gasteiger partial charge in [0, 0.05) is 31.9 Å². The van der Waals surface area contributed by atoms with E-state index in [9.17, 15) is 4.79 Å². The molecule has 0 radical (unpaired) electrons. The second kappa shape index (κ2) is 5.50. The third kappa shape index (κ3) is 2.89. The molecule has 1 fully saturated rings. The molecule has 0 atom stereocenters. The van der Waals surface area contributed by atoms with Gasteiger partial charge in [0.2, 0.25) is 5.91 Å². The van der Waals surface area contributed by atoms with Gasteiger partial charge in [-0.3, -0.25) is 9.69 Å². The van der Waals surface area contributed by atoms with Crippen molar-refractivity contribution in [2.75, 3.05) is 31.5 Å². The molecular formula is C14H21N3O. The molecule has 1 amide bonds. The number of rotatable bonds is 3. The Hall–Kier alpha value is -1.39. The van der Waals surface area contributed by atoms with E-state index in [2.05, 4.69) is 15.5 Å². The summed E-state index contributed by atoms with van der Waals surface area (Å²) >= 11 is 0. The second-order valence-electron chi connectivity index (χ2n) is 5.12. The Morgan fingerprint density at radius 2 is 1.83 bits per heavy atom. The summed E-state index contributed by atoms with van der Waals surface area (Å²) in [6, 6.07) is 9.61. The van der Waals surface area contributed by atoms with Gasteiger partial charge >= 0.3 is 0 Å². The molecule has 2 N–H and O–H groups in total. The van der Waals surface area contributed by atoms with Crippen molar-refractivity contribution in [1.29, 1.82) is 0 Å². The molecule has 98 valence electrons. The SMILES string of the molecule is CC(C)(C(=O)Nc1ccccc1)N1CCNCC1. The average Bonchev–Trinajstić information content (AvgIpc) is 2.41. The zero-order chi connectivity index (χ0) is 13.0. The Bertz CT molecular complexity index is 397. The molecule has 2 rings (SSSR count). The Labute approximate surface area is 108 Å². The molecule has 18 heavy (non-hydrogen) atoms. The van der Waals surface area contributed by atoms with Gasteiger partial charge in [-0.25, -0.2) is 0 Å². The molecule has 1 aromatic rings. The van der Waals surface area contributed by atoms with Crippen LogP contribution in [0.4, 0.5) is 5.69 Å². The van der Waals surface area contributed by atoms with Gasteiger partial charge in [0.15, 0.2) is 0 Å². The highest BCUT2D eigenvalue weighted by Gasteiger charge is 2.35. The molecule has 4 nitrogen and oxygen atoms in total. The van der Waals surface area contributed by atoms with Gasteiger partial charge in [-0.1, -0.05) is 18.2 Å². The van der Waals surface area contributed by atoms with Crippen molar-refractivity contribution < 1.29 is 4.79 Å². The highest BCUT2D eigenvalue weighted by Crippen LogP contribution is 2.18. The van der Waals surface area contributed by atoms with E-state index >= 15 is 0 Å². The fourth-order valence-corrected chi connectivity index (χ4v) is 2.17. The van der Waals surface area contributed by atoms with Crippen molar-refractivity contribution in [1.82, 2.24) is 10.2 Å². The molecule has 0 unspecified atom stereocenters. The van der Waals surface area contributed by atoms with Crippen LogP contribution in [0.5, 0.6) is 0 Å². The molecule has 0 aromatic heterocycles. The van der Waals surface area contributed by atoms with Gasteiger partial charge < -0.3 is 10.6 Å². The summed E-state index contributed by atoms with van der Waals surface area (Å²) in [5.41, 5.74) is 0.378. The molecule has 1 aromatic carbocycles. The summed E-state index contributed by atoms with van der Waals surface area (Å²) in [5.74, 6) is 0.0515. The van der Waals surface area contributed by atoms with Gasteiger partial charge in [0.25, 0.3) is 0 Å². The van der Waals surface area contributed by atoms with Crippen LogP contribution in [0.2, 0.25) is 0 Å². The number of benzene rings is 1. The van der Waals surface area contributed by atoms with Crippen molar-refractivity contribution in [3.05, 3.63) is 30.3 Å². The summed E-state index contributed by atoms with van der Waals surface area (Å²) in [4.78, 5) is 14.6.